The van der Waals surface area contributed by atoms with Crippen molar-refractivity contribution in [3.63, 3.8) is 0 Å². The third-order valence-electron chi connectivity index (χ3n) is 2.73. The monoisotopic (exact) mass is 245 g/mol. The number of aliphatic carboxylic acids is 1. The Hall–Kier alpha value is -0.710. The van der Waals surface area contributed by atoms with E-state index in [0.717, 1.165) is 18.6 Å². The van der Waals surface area contributed by atoms with Gasteiger partial charge in [-0.05, 0) is 25.0 Å². The van der Waals surface area contributed by atoms with Gasteiger partial charge in [0.15, 0.2) is 0 Å². The highest BCUT2D eigenvalue weighted by Crippen LogP contribution is 2.25. The number of hydrogen-bond donors (Lipinski definition) is 2. The van der Waals surface area contributed by atoms with Crippen molar-refractivity contribution in [1.29, 1.82) is 0 Å². The highest BCUT2D eigenvalue weighted by Gasteiger charge is 2.24. The molecule has 5 heteroatoms. The Morgan fingerprint density at radius 2 is 2.25 bits per heavy atom. The molecule has 2 N–H and O–H groups in total. The Labute approximate surface area is 100 Å². The molecule has 4 nitrogen and oxygen atoms in total. The summed E-state index contributed by atoms with van der Waals surface area (Å²) in [4.78, 5) is 22.4. The first-order chi connectivity index (χ1) is 7.63. The minimum absolute atomic E-state index is 0.0119. The van der Waals surface area contributed by atoms with Gasteiger partial charge in [0.05, 0.1) is 11.7 Å². The van der Waals surface area contributed by atoms with Crippen molar-refractivity contribution >= 4 is 23.6 Å². The highest BCUT2D eigenvalue weighted by molar-refractivity contribution is 8.00. The Kier molecular flexibility index (Phi) is 5.66. The molecule has 16 heavy (non-hydrogen) atoms. The molecule has 2 unspecified atom stereocenters. The lowest BCUT2D eigenvalue weighted by atomic mass is 10.1. The molecule has 0 aromatic heterocycles. The SMILES string of the molecule is CCC(CC(=O)O)NC(=O)C1CCCCS1. The van der Waals surface area contributed by atoms with E-state index in [1.54, 1.807) is 11.8 Å². The Balaban J connectivity index is 2.38. The normalized spacial score (nSPS) is 22.4. The van der Waals surface area contributed by atoms with Crippen LogP contribution in [-0.4, -0.2) is 34.0 Å². The number of nitrogens with one attached hydrogen (secondary N) is 1. The zero-order chi connectivity index (χ0) is 12.0. The lowest BCUT2D eigenvalue weighted by Crippen LogP contribution is -2.41. The van der Waals surface area contributed by atoms with Gasteiger partial charge in [0.25, 0.3) is 0 Å². The molecule has 0 spiro atoms. The van der Waals surface area contributed by atoms with Gasteiger partial charge in [-0.25, -0.2) is 0 Å². The lowest BCUT2D eigenvalue weighted by Gasteiger charge is -2.23. The molecule has 1 aliphatic heterocycles. The molecule has 0 radical (unpaired) electrons. The van der Waals surface area contributed by atoms with E-state index in [2.05, 4.69) is 5.32 Å². The van der Waals surface area contributed by atoms with Crippen molar-refractivity contribution in [1.82, 2.24) is 5.32 Å². The quantitative estimate of drug-likeness (QED) is 0.772. The number of carbonyl (C=O) groups excluding carboxylic acids is 1. The molecule has 1 heterocycles. The van der Waals surface area contributed by atoms with Gasteiger partial charge in [0, 0.05) is 6.04 Å². The second-order valence-electron chi connectivity index (χ2n) is 4.07. The van der Waals surface area contributed by atoms with E-state index in [-0.39, 0.29) is 23.6 Å². The maximum atomic E-state index is 11.8. The summed E-state index contributed by atoms with van der Waals surface area (Å²) >= 11 is 1.68. The van der Waals surface area contributed by atoms with Gasteiger partial charge in [0.2, 0.25) is 5.91 Å². The van der Waals surface area contributed by atoms with Gasteiger partial charge >= 0.3 is 5.97 Å². The van der Waals surface area contributed by atoms with Crippen LogP contribution in [0.1, 0.15) is 39.0 Å². The van der Waals surface area contributed by atoms with Crippen molar-refractivity contribution in [2.75, 3.05) is 5.75 Å². The molecule has 2 atom stereocenters. The number of hydrogen-bond acceptors (Lipinski definition) is 3. The van der Waals surface area contributed by atoms with Gasteiger partial charge in [-0.15, -0.1) is 11.8 Å². The van der Waals surface area contributed by atoms with Crippen molar-refractivity contribution in [3.05, 3.63) is 0 Å². The highest BCUT2D eigenvalue weighted by atomic mass is 32.2. The predicted molar refractivity (Wildman–Crippen MR) is 64.6 cm³/mol. The summed E-state index contributed by atoms with van der Waals surface area (Å²) < 4.78 is 0. The van der Waals surface area contributed by atoms with Crippen molar-refractivity contribution in [2.45, 2.75) is 50.3 Å². The van der Waals surface area contributed by atoms with Gasteiger partial charge in [-0.2, -0.15) is 0 Å². The first-order valence-electron chi connectivity index (χ1n) is 5.77. The molecule has 1 aliphatic rings. The van der Waals surface area contributed by atoms with Crippen LogP contribution in [0.3, 0.4) is 0 Å². The van der Waals surface area contributed by atoms with E-state index in [0.29, 0.717) is 6.42 Å². The first kappa shape index (κ1) is 13.4. The molecular formula is C11H19NO3S. The summed E-state index contributed by atoms with van der Waals surface area (Å²) in [6, 6.07) is -0.229. The van der Waals surface area contributed by atoms with Crippen LogP contribution in [0.5, 0.6) is 0 Å². The van der Waals surface area contributed by atoms with Gasteiger partial charge < -0.3 is 10.4 Å². The van der Waals surface area contributed by atoms with E-state index in [1.807, 2.05) is 6.92 Å². The van der Waals surface area contributed by atoms with E-state index >= 15 is 0 Å². The van der Waals surface area contributed by atoms with Gasteiger partial charge in [0.1, 0.15) is 0 Å². The third-order valence-corrected chi connectivity index (χ3v) is 4.11. The molecule has 0 aromatic rings. The topological polar surface area (TPSA) is 66.4 Å². The Morgan fingerprint density at radius 1 is 1.50 bits per heavy atom. The summed E-state index contributed by atoms with van der Waals surface area (Å²) in [5.41, 5.74) is 0. The predicted octanol–water partition coefficient (Wildman–Crippen LogP) is 1.64. The fourth-order valence-corrected chi connectivity index (χ4v) is 2.96. The number of thioether (sulfide) groups is 1. The zero-order valence-corrected chi connectivity index (χ0v) is 10.4. The first-order valence-corrected chi connectivity index (χ1v) is 6.82. The fraction of sp³-hybridized carbons (Fsp3) is 0.818. The Bertz CT molecular complexity index is 252. The molecule has 0 bridgehead atoms. The second-order valence-corrected chi connectivity index (χ2v) is 5.38. The average molecular weight is 245 g/mol. The molecule has 1 rings (SSSR count). The van der Waals surface area contributed by atoms with E-state index in [1.165, 1.54) is 6.42 Å². The second kappa shape index (κ2) is 6.78. The summed E-state index contributed by atoms with van der Waals surface area (Å²) in [6.45, 7) is 1.89. The maximum absolute atomic E-state index is 11.8. The third kappa shape index (κ3) is 4.43. The standard InChI is InChI=1S/C11H19NO3S/c1-2-8(7-10(13)14)12-11(15)9-5-3-4-6-16-9/h8-9H,2-7H2,1H3,(H,12,15)(H,13,14). The molecule has 1 saturated heterocycles. The van der Waals surface area contributed by atoms with Crippen LogP contribution in [0.4, 0.5) is 0 Å². The van der Waals surface area contributed by atoms with Crippen LogP contribution in [0.2, 0.25) is 0 Å². The van der Waals surface area contributed by atoms with E-state index in [9.17, 15) is 9.59 Å². The van der Waals surface area contributed by atoms with Crippen molar-refractivity contribution in [2.24, 2.45) is 0 Å². The van der Waals surface area contributed by atoms with Crippen LogP contribution in [-0.2, 0) is 9.59 Å². The van der Waals surface area contributed by atoms with Gasteiger partial charge in [-0.3, -0.25) is 9.59 Å². The summed E-state index contributed by atoms with van der Waals surface area (Å²) in [5, 5.41) is 11.5. The summed E-state index contributed by atoms with van der Waals surface area (Å²) in [6.07, 6.45) is 3.87. The van der Waals surface area contributed by atoms with Crippen LogP contribution in [0.15, 0.2) is 0 Å². The molecule has 0 aromatic carbocycles. The van der Waals surface area contributed by atoms with Crippen molar-refractivity contribution < 1.29 is 14.7 Å². The minimum atomic E-state index is -0.858. The smallest absolute Gasteiger partial charge is 0.305 e. The number of rotatable bonds is 5. The van der Waals surface area contributed by atoms with E-state index < -0.39 is 5.97 Å². The van der Waals surface area contributed by atoms with Gasteiger partial charge in [-0.1, -0.05) is 13.3 Å². The van der Waals surface area contributed by atoms with Crippen LogP contribution < -0.4 is 5.32 Å². The van der Waals surface area contributed by atoms with E-state index in [4.69, 9.17) is 5.11 Å². The number of carboxylic acids is 1. The van der Waals surface area contributed by atoms with Crippen molar-refractivity contribution in [3.8, 4) is 0 Å². The summed E-state index contributed by atoms with van der Waals surface area (Å²) in [7, 11) is 0. The lowest BCUT2D eigenvalue weighted by molar-refractivity contribution is -0.137. The number of carboxylic acid groups (broad SMARTS) is 1. The molecule has 92 valence electrons. The minimum Gasteiger partial charge on any atom is -0.481 e. The molecule has 0 saturated carbocycles. The van der Waals surface area contributed by atoms with Crippen LogP contribution in [0.25, 0.3) is 0 Å². The fourth-order valence-electron chi connectivity index (χ4n) is 1.75. The number of carbonyl (C=O) groups is 2. The average Bonchev–Trinajstić information content (AvgIpc) is 2.28. The molecular weight excluding hydrogens is 226 g/mol. The Morgan fingerprint density at radius 3 is 2.75 bits per heavy atom. The molecule has 1 amide bonds. The van der Waals surface area contributed by atoms with Crippen LogP contribution >= 0.6 is 11.8 Å². The van der Waals surface area contributed by atoms with Crippen LogP contribution in [0, 0.1) is 0 Å². The maximum Gasteiger partial charge on any atom is 0.305 e. The summed E-state index contributed by atoms with van der Waals surface area (Å²) in [5.74, 6) is 0.189. The molecule has 0 aliphatic carbocycles. The zero-order valence-electron chi connectivity index (χ0n) is 9.57. The molecule has 1 fully saturated rings. The number of amides is 1. The largest absolute Gasteiger partial charge is 0.481 e.